The summed E-state index contributed by atoms with van der Waals surface area (Å²) in [6.07, 6.45) is -0.0297. The van der Waals surface area contributed by atoms with Crippen LogP contribution in [0.2, 0.25) is 0 Å². The largest absolute Gasteiger partial charge is 0.548 e. The van der Waals surface area contributed by atoms with E-state index in [0.717, 1.165) is 10.5 Å². The molecule has 0 aliphatic carbocycles. The van der Waals surface area contributed by atoms with E-state index in [1.807, 2.05) is 37.3 Å². The van der Waals surface area contributed by atoms with Crippen LogP contribution in [0.25, 0.3) is 0 Å². The minimum Gasteiger partial charge on any atom is -0.548 e. The fourth-order valence-electron chi connectivity index (χ4n) is 1.93. The second-order valence-corrected chi connectivity index (χ2v) is 4.80. The third kappa shape index (κ3) is 4.26. The number of benzene rings is 1. The minimum atomic E-state index is -1.27. The van der Waals surface area contributed by atoms with Gasteiger partial charge in [-0.25, -0.2) is 4.79 Å². The van der Waals surface area contributed by atoms with Crippen molar-refractivity contribution in [2.45, 2.75) is 32.9 Å². The molecule has 1 aromatic rings. The quantitative estimate of drug-likeness (QED) is 0.789. The van der Waals surface area contributed by atoms with Crippen LogP contribution in [0.3, 0.4) is 0 Å². The molecule has 1 rings (SSSR count). The van der Waals surface area contributed by atoms with Crippen LogP contribution in [-0.2, 0) is 16.1 Å². The van der Waals surface area contributed by atoms with Crippen molar-refractivity contribution in [2.24, 2.45) is 5.92 Å². The molecule has 110 valence electrons. The Kier molecular flexibility index (Phi) is 6.03. The highest BCUT2D eigenvalue weighted by Crippen LogP contribution is 2.14. The molecular weight excluding hydrogens is 258 g/mol. The van der Waals surface area contributed by atoms with E-state index in [4.69, 9.17) is 4.74 Å². The third-order valence-electron chi connectivity index (χ3n) is 3.33. The van der Waals surface area contributed by atoms with Crippen LogP contribution in [0.1, 0.15) is 25.8 Å². The lowest BCUT2D eigenvalue weighted by Gasteiger charge is -2.32. The van der Waals surface area contributed by atoms with E-state index in [9.17, 15) is 14.7 Å². The zero-order valence-corrected chi connectivity index (χ0v) is 12.0. The smallest absolute Gasteiger partial charge is 0.410 e. The molecular formula is C15H20NO4-. The summed E-state index contributed by atoms with van der Waals surface area (Å²) in [5.74, 6) is -1.47. The summed E-state index contributed by atoms with van der Waals surface area (Å²) in [6, 6.07) is 8.23. The highest BCUT2D eigenvalue weighted by molar-refractivity contribution is 5.78. The van der Waals surface area contributed by atoms with Gasteiger partial charge in [0.1, 0.15) is 6.61 Å². The Balaban J connectivity index is 2.63. The highest BCUT2D eigenvalue weighted by atomic mass is 16.6. The molecule has 0 heterocycles. The van der Waals surface area contributed by atoms with Crippen molar-refractivity contribution in [3.05, 3.63) is 35.9 Å². The van der Waals surface area contributed by atoms with Gasteiger partial charge in [0.25, 0.3) is 0 Å². The first-order chi connectivity index (χ1) is 9.47. The van der Waals surface area contributed by atoms with Crippen molar-refractivity contribution >= 4 is 12.1 Å². The summed E-state index contributed by atoms with van der Waals surface area (Å²) < 4.78 is 5.11. The number of ether oxygens (including phenoxy) is 1. The summed E-state index contributed by atoms with van der Waals surface area (Å²) in [5.41, 5.74) is 0.850. The first-order valence-electron chi connectivity index (χ1n) is 6.61. The second-order valence-electron chi connectivity index (χ2n) is 4.80. The van der Waals surface area contributed by atoms with Gasteiger partial charge >= 0.3 is 6.09 Å². The summed E-state index contributed by atoms with van der Waals surface area (Å²) in [7, 11) is 1.42. The molecule has 5 nitrogen and oxygen atoms in total. The van der Waals surface area contributed by atoms with E-state index < -0.39 is 18.1 Å². The van der Waals surface area contributed by atoms with Gasteiger partial charge in [-0.15, -0.1) is 0 Å². The molecule has 0 aromatic heterocycles. The Morgan fingerprint density at radius 2 is 1.90 bits per heavy atom. The van der Waals surface area contributed by atoms with Crippen LogP contribution in [0.4, 0.5) is 4.79 Å². The topological polar surface area (TPSA) is 69.7 Å². The molecule has 0 bridgehead atoms. The molecule has 0 aliphatic heterocycles. The molecule has 0 aliphatic rings. The van der Waals surface area contributed by atoms with Crippen molar-refractivity contribution in [3.8, 4) is 0 Å². The number of carboxylic acid groups (broad SMARTS) is 1. The first kappa shape index (κ1) is 16.0. The Morgan fingerprint density at radius 1 is 1.30 bits per heavy atom. The molecule has 0 spiro atoms. The summed E-state index contributed by atoms with van der Waals surface area (Å²) in [5, 5.41) is 11.2. The maximum absolute atomic E-state index is 11.9. The lowest BCUT2D eigenvalue weighted by atomic mass is 9.98. The summed E-state index contributed by atoms with van der Waals surface area (Å²) in [6.45, 7) is 3.75. The third-order valence-corrected chi connectivity index (χ3v) is 3.33. The van der Waals surface area contributed by atoms with Crippen LogP contribution in [0, 0.1) is 5.92 Å². The molecule has 2 atom stereocenters. The number of likely N-dealkylation sites (N-methyl/N-ethyl adjacent to an activating group) is 1. The number of nitrogens with zero attached hydrogens (tertiary/aromatic N) is 1. The predicted molar refractivity (Wildman–Crippen MR) is 72.6 cm³/mol. The van der Waals surface area contributed by atoms with Crippen LogP contribution in [0.15, 0.2) is 30.3 Å². The van der Waals surface area contributed by atoms with Crippen molar-refractivity contribution in [3.63, 3.8) is 0 Å². The van der Waals surface area contributed by atoms with E-state index in [2.05, 4.69) is 0 Å². The van der Waals surface area contributed by atoms with Gasteiger partial charge in [-0.2, -0.15) is 0 Å². The molecule has 1 aromatic carbocycles. The summed E-state index contributed by atoms with van der Waals surface area (Å²) in [4.78, 5) is 24.1. The number of rotatable bonds is 6. The van der Waals surface area contributed by atoms with Gasteiger partial charge in [0.2, 0.25) is 0 Å². The number of carbonyl (C=O) groups excluding carboxylic acids is 2. The number of hydrogen-bond acceptors (Lipinski definition) is 4. The fraction of sp³-hybridized carbons (Fsp3) is 0.467. The van der Waals surface area contributed by atoms with E-state index >= 15 is 0 Å². The first-order valence-corrected chi connectivity index (χ1v) is 6.61. The van der Waals surface area contributed by atoms with Crippen molar-refractivity contribution in [1.82, 2.24) is 4.90 Å². The normalized spacial score (nSPS) is 13.3. The molecule has 0 unspecified atom stereocenters. The Hall–Kier alpha value is -2.04. The van der Waals surface area contributed by atoms with Crippen LogP contribution in [0.5, 0.6) is 0 Å². The molecule has 0 fully saturated rings. The minimum absolute atomic E-state index is 0.115. The van der Waals surface area contributed by atoms with Gasteiger partial charge in [-0.05, 0) is 11.5 Å². The average Bonchev–Trinajstić information content (AvgIpc) is 2.45. The van der Waals surface area contributed by atoms with Gasteiger partial charge in [0.15, 0.2) is 0 Å². The molecule has 0 saturated carbocycles. The Bertz CT molecular complexity index is 446. The zero-order chi connectivity index (χ0) is 15.1. The van der Waals surface area contributed by atoms with Gasteiger partial charge in [-0.3, -0.25) is 0 Å². The van der Waals surface area contributed by atoms with Crippen molar-refractivity contribution in [2.75, 3.05) is 7.05 Å². The number of carbonyl (C=O) groups is 2. The van der Waals surface area contributed by atoms with Crippen molar-refractivity contribution in [1.29, 1.82) is 0 Å². The fourth-order valence-corrected chi connectivity index (χ4v) is 1.93. The van der Waals surface area contributed by atoms with Crippen molar-refractivity contribution < 1.29 is 19.4 Å². The van der Waals surface area contributed by atoms with Gasteiger partial charge in [-0.1, -0.05) is 50.6 Å². The molecule has 5 heteroatoms. The average molecular weight is 278 g/mol. The van der Waals surface area contributed by atoms with E-state index in [0.29, 0.717) is 6.42 Å². The van der Waals surface area contributed by atoms with Gasteiger partial charge in [0.05, 0.1) is 12.0 Å². The van der Waals surface area contributed by atoms with Crippen LogP contribution in [-0.4, -0.2) is 30.1 Å². The Labute approximate surface area is 119 Å². The van der Waals surface area contributed by atoms with Crippen LogP contribution < -0.4 is 5.11 Å². The number of hydrogen-bond donors (Lipinski definition) is 0. The van der Waals surface area contributed by atoms with E-state index in [1.165, 1.54) is 7.05 Å². The Morgan fingerprint density at radius 3 is 2.40 bits per heavy atom. The maximum Gasteiger partial charge on any atom is 0.410 e. The highest BCUT2D eigenvalue weighted by Gasteiger charge is 2.26. The summed E-state index contributed by atoms with van der Waals surface area (Å²) >= 11 is 0. The van der Waals surface area contributed by atoms with E-state index in [-0.39, 0.29) is 12.5 Å². The molecule has 20 heavy (non-hydrogen) atoms. The maximum atomic E-state index is 11.9. The predicted octanol–water partition coefficient (Wildman–Crippen LogP) is 1.42. The standard InChI is InChI=1S/C15H21NO4/c1-4-11(2)13(14(17)18)16(3)15(19)20-10-12-8-6-5-7-9-12/h5-9,11,13H,4,10H2,1-3H3,(H,17,18)/p-1/t11-,13-/m0/s1. The van der Waals surface area contributed by atoms with E-state index in [1.54, 1.807) is 6.92 Å². The second kappa shape index (κ2) is 7.53. The molecule has 0 radical (unpaired) electrons. The monoisotopic (exact) mass is 278 g/mol. The number of amides is 1. The molecule has 0 saturated heterocycles. The molecule has 0 N–H and O–H groups in total. The zero-order valence-electron chi connectivity index (χ0n) is 12.0. The van der Waals surface area contributed by atoms with Gasteiger partial charge in [0, 0.05) is 7.05 Å². The lowest BCUT2D eigenvalue weighted by Crippen LogP contribution is -2.52. The molecule has 1 amide bonds. The number of aliphatic carboxylic acids is 1. The number of carboxylic acids is 1. The van der Waals surface area contributed by atoms with Gasteiger partial charge < -0.3 is 19.5 Å². The van der Waals surface area contributed by atoms with Crippen LogP contribution >= 0.6 is 0 Å². The SMILES string of the molecule is CC[C@H](C)[C@@H](C(=O)[O-])N(C)C(=O)OCc1ccccc1. The lowest BCUT2D eigenvalue weighted by molar-refractivity contribution is -0.312.